The van der Waals surface area contributed by atoms with Crippen LogP contribution in [0.1, 0.15) is 17.3 Å². The van der Waals surface area contributed by atoms with Crippen LogP contribution in [-0.4, -0.2) is 22.5 Å². The van der Waals surface area contributed by atoms with Crippen LogP contribution in [-0.2, 0) is 4.74 Å². The van der Waals surface area contributed by atoms with Gasteiger partial charge in [0, 0.05) is 16.2 Å². The fourth-order valence-corrected chi connectivity index (χ4v) is 2.03. The van der Waals surface area contributed by atoms with E-state index in [4.69, 9.17) is 4.74 Å². The molecule has 0 aliphatic carbocycles. The maximum absolute atomic E-state index is 11.8. The Hall–Kier alpha value is -1.75. The Morgan fingerprint density at radius 3 is 2.89 bits per heavy atom. The molecule has 0 bridgehead atoms. The summed E-state index contributed by atoms with van der Waals surface area (Å²) in [5.74, 6) is -0.413. The van der Waals surface area contributed by atoms with Gasteiger partial charge in [0.25, 0.3) is 0 Å². The van der Waals surface area contributed by atoms with Crippen molar-refractivity contribution >= 4 is 21.9 Å². The SMILES string of the molecule is CCOC(=O)c1cncnc1-c1ccccc1Br. The molecule has 0 saturated heterocycles. The maximum atomic E-state index is 11.8. The molecule has 1 aromatic carbocycles. The molecule has 1 aromatic heterocycles. The lowest BCUT2D eigenvalue weighted by Crippen LogP contribution is -2.08. The molecule has 5 heteroatoms. The first-order valence-corrected chi connectivity index (χ1v) is 6.25. The fourth-order valence-electron chi connectivity index (χ4n) is 1.56. The van der Waals surface area contributed by atoms with Gasteiger partial charge in [0.2, 0.25) is 0 Å². The number of aromatic nitrogens is 2. The molecular weight excluding hydrogens is 296 g/mol. The summed E-state index contributed by atoms with van der Waals surface area (Å²) in [4.78, 5) is 19.9. The van der Waals surface area contributed by atoms with Crippen molar-refractivity contribution in [1.29, 1.82) is 0 Å². The number of nitrogens with zero attached hydrogens (tertiary/aromatic N) is 2. The third-order valence-corrected chi connectivity index (χ3v) is 3.03. The Balaban J connectivity index is 2.52. The lowest BCUT2D eigenvalue weighted by molar-refractivity contribution is 0.0526. The molecule has 2 aromatic rings. The second-order valence-electron chi connectivity index (χ2n) is 3.49. The summed E-state index contributed by atoms with van der Waals surface area (Å²) in [6.45, 7) is 2.09. The summed E-state index contributed by atoms with van der Waals surface area (Å²) in [5, 5.41) is 0. The monoisotopic (exact) mass is 306 g/mol. The minimum atomic E-state index is -0.413. The molecule has 0 amide bonds. The van der Waals surface area contributed by atoms with Gasteiger partial charge >= 0.3 is 5.97 Å². The zero-order valence-electron chi connectivity index (χ0n) is 9.76. The van der Waals surface area contributed by atoms with Crippen molar-refractivity contribution in [3.8, 4) is 11.3 Å². The third kappa shape index (κ3) is 2.56. The van der Waals surface area contributed by atoms with Gasteiger partial charge in [-0.05, 0) is 13.0 Å². The van der Waals surface area contributed by atoms with Crippen LogP contribution >= 0.6 is 15.9 Å². The van der Waals surface area contributed by atoms with Crippen LogP contribution < -0.4 is 0 Å². The molecule has 0 saturated carbocycles. The molecule has 0 unspecified atom stereocenters. The highest BCUT2D eigenvalue weighted by atomic mass is 79.9. The molecule has 0 aliphatic rings. The van der Waals surface area contributed by atoms with Crippen LogP contribution in [0.25, 0.3) is 11.3 Å². The first-order valence-electron chi connectivity index (χ1n) is 5.46. The summed E-state index contributed by atoms with van der Waals surface area (Å²) < 4.78 is 5.87. The number of esters is 1. The molecule has 0 radical (unpaired) electrons. The summed E-state index contributed by atoms with van der Waals surface area (Å²) >= 11 is 3.44. The van der Waals surface area contributed by atoms with Crippen molar-refractivity contribution in [2.45, 2.75) is 6.92 Å². The summed E-state index contributed by atoms with van der Waals surface area (Å²) in [6, 6.07) is 7.57. The highest BCUT2D eigenvalue weighted by Gasteiger charge is 2.16. The standard InChI is InChI=1S/C13H11BrN2O2/c1-2-18-13(17)10-7-15-8-16-12(10)9-5-3-4-6-11(9)14/h3-8H,2H2,1H3. The molecule has 1 heterocycles. The van der Waals surface area contributed by atoms with Crippen molar-refractivity contribution < 1.29 is 9.53 Å². The molecule has 92 valence electrons. The number of rotatable bonds is 3. The summed E-state index contributed by atoms with van der Waals surface area (Å²) in [6.07, 6.45) is 2.89. The number of benzene rings is 1. The minimum Gasteiger partial charge on any atom is -0.462 e. The van der Waals surface area contributed by atoms with Gasteiger partial charge in [-0.15, -0.1) is 0 Å². The van der Waals surface area contributed by atoms with E-state index in [2.05, 4.69) is 25.9 Å². The number of carbonyl (C=O) groups excluding carboxylic acids is 1. The number of carbonyl (C=O) groups is 1. The maximum Gasteiger partial charge on any atom is 0.341 e. The molecule has 0 aliphatic heterocycles. The summed E-state index contributed by atoms with van der Waals surface area (Å²) in [7, 11) is 0. The van der Waals surface area contributed by atoms with Gasteiger partial charge in [-0.1, -0.05) is 34.1 Å². The molecule has 4 nitrogen and oxygen atoms in total. The quantitative estimate of drug-likeness (QED) is 0.818. The molecule has 0 fully saturated rings. The van der Waals surface area contributed by atoms with E-state index in [9.17, 15) is 4.79 Å². The number of ether oxygens (including phenoxy) is 1. The molecule has 18 heavy (non-hydrogen) atoms. The minimum absolute atomic E-state index is 0.323. The Kier molecular flexibility index (Phi) is 4.04. The molecule has 2 rings (SSSR count). The topological polar surface area (TPSA) is 52.1 Å². The number of hydrogen-bond donors (Lipinski definition) is 0. The van der Waals surface area contributed by atoms with Crippen LogP contribution in [0.2, 0.25) is 0 Å². The van der Waals surface area contributed by atoms with Crippen molar-refractivity contribution in [1.82, 2.24) is 9.97 Å². The van der Waals surface area contributed by atoms with Gasteiger partial charge in [-0.2, -0.15) is 0 Å². The predicted molar refractivity (Wildman–Crippen MR) is 71.1 cm³/mol. The van der Waals surface area contributed by atoms with E-state index in [1.54, 1.807) is 6.92 Å². The Morgan fingerprint density at radius 1 is 1.39 bits per heavy atom. The van der Waals surface area contributed by atoms with Crippen molar-refractivity contribution in [3.05, 3.63) is 46.8 Å². The van der Waals surface area contributed by atoms with Gasteiger partial charge < -0.3 is 4.74 Å². The Labute approximate surface area is 113 Å². The van der Waals surface area contributed by atoms with Gasteiger partial charge in [-0.3, -0.25) is 0 Å². The highest BCUT2D eigenvalue weighted by molar-refractivity contribution is 9.10. The lowest BCUT2D eigenvalue weighted by Gasteiger charge is -2.08. The zero-order valence-corrected chi connectivity index (χ0v) is 11.3. The van der Waals surface area contributed by atoms with E-state index < -0.39 is 5.97 Å². The fraction of sp³-hybridized carbons (Fsp3) is 0.154. The van der Waals surface area contributed by atoms with E-state index in [-0.39, 0.29) is 0 Å². The number of hydrogen-bond acceptors (Lipinski definition) is 4. The molecule has 0 spiro atoms. The average molecular weight is 307 g/mol. The second kappa shape index (κ2) is 5.73. The first kappa shape index (κ1) is 12.7. The van der Waals surface area contributed by atoms with Gasteiger partial charge in [0.05, 0.1) is 12.3 Å². The zero-order chi connectivity index (χ0) is 13.0. The van der Waals surface area contributed by atoms with Crippen LogP contribution in [0.4, 0.5) is 0 Å². The third-order valence-electron chi connectivity index (χ3n) is 2.34. The lowest BCUT2D eigenvalue weighted by atomic mass is 10.1. The van der Waals surface area contributed by atoms with Gasteiger partial charge in [0.15, 0.2) is 0 Å². The van der Waals surface area contributed by atoms with Crippen molar-refractivity contribution in [2.24, 2.45) is 0 Å². The van der Waals surface area contributed by atoms with E-state index in [0.717, 1.165) is 10.0 Å². The average Bonchev–Trinajstić information content (AvgIpc) is 2.40. The van der Waals surface area contributed by atoms with Gasteiger partial charge in [-0.25, -0.2) is 14.8 Å². The first-order chi connectivity index (χ1) is 8.74. The molecule has 0 atom stereocenters. The van der Waals surface area contributed by atoms with E-state index in [1.807, 2.05) is 24.3 Å². The van der Waals surface area contributed by atoms with E-state index in [0.29, 0.717) is 17.9 Å². The second-order valence-corrected chi connectivity index (χ2v) is 4.34. The van der Waals surface area contributed by atoms with Crippen LogP contribution in [0, 0.1) is 0 Å². The van der Waals surface area contributed by atoms with E-state index in [1.165, 1.54) is 12.5 Å². The normalized spacial score (nSPS) is 10.1. The smallest absolute Gasteiger partial charge is 0.341 e. The molecular formula is C13H11BrN2O2. The van der Waals surface area contributed by atoms with Gasteiger partial charge in [0.1, 0.15) is 11.9 Å². The number of halogens is 1. The van der Waals surface area contributed by atoms with Crippen molar-refractivity contribution in [2.75, 3.05) is 6.61 Å². The largest absolute Gasteiger partial charge is 0.462 e. The predicted octanol–water partition coefficient (Wildman–Crippen LogP) is 3.08. The van der Waals surface area contributed by atoms with Crippen LogP contribution in [0.5, 0.6) is 0 Å². The van der Waals surface area contributed by atoms with Crippen molar-refractivity contribution in [3.63, 3.8) is 0 Å². The summed E-state index contributed by atoms with van der Waals surface area (Å²) in [5.41, 5.74) is 1.77. The van der Waals surface area contributed by atoms with E-state index >= 15 is 0 Å². The Morgan fingerprint density at radius 2 is 2.17 bits per heavy atom. The van der Waals surface area contributed by atoms with Crippen LogP contribution in [0.15, 0.2) is 41.3 Å². The Bertz CT molecular complexity index is 572. The van der Waals surface area contributed by atoms with Crippen LogP contribution in [0.3, 0.4) is 0 Å². The highest BCUT2D eigenvalue weighted by Crippen LogP contribution is 2.28. The molecule has 0 N–H and O–H groups in total.